The summed E-state index contributed by atoms with van der Waals surface area (Å²) in [6.45, 7) is 2.19. The Morgan fingerprint density at radius 2 is 1.82 bits per heavy atom. The van der Waals surface area contributed by atoms with Crippen molar-refractivity contribution in [1.29, 1.82) is 5.26 Å². The first-order valence-electron chi connectivity index (χ1n) is 10.6. The minimum atomic E-state index is -0.515. The second-order valence-electron chi connectivity index (χ2n) is 7.72. The van der Waals surface area contributed by atoms with Crippen LogP contribution in [0, 0.1) is 11.3 Å². The van der Waals surface area contributed by atoms with E-state index >= 15 is 0 Å². The van der Waals surface area contributed by atoms with Crippen molar-refractivity contribution in [2.45, 2.75) is 6.54 Å². The van der Waals surface area contributed by atoms with Gasteiger partial charge in [0, 0.05) is 54.1 Å². The van der Waals surface area contributed by atoms with Crippen molar-refractivity contribution >= 4 is 29.1 Å². The lowest BCUT2D eigenvalue weighted by Gasteiger charge is -2.27. The number of anilines is 1. The van der Waals surface area contributed by atoms with Crippen LogP contribution in [-0.4, -0.2) is 52.7 Å². The standard InChI is InChI=1S/C24H21ClN6O3/c25-19-3-1-17(2-4-19)21-5-6-23(33)31(29-21)15-22(32)28-20-12-16(14-26)11-18(13-20)24(34)30-9-7-27-8-10-30/h1-6,11-13,27H,7-10,15H2,(H,28,32). The van der Waals surface area contributed by atoms with Crippen LogP contribution in [0.4, 0.5) is 5.69 Å². The minimum absolute atomic E-state index is 0.206. The Morgan fingerprint density at radius 3 is 2.53 bits per heavy atom. The fourth-order valence-corrected chi connectivity index (χ4v) is 3.74. The highest BCUT2D eigenvalue weighted by atomic mass is 35.5. The summed E-state index contributed by atoms with van der Waals surface area (Å²) in [5.74, 6) is -0.721. The van der Waals surface area contributed by atoms with E-state index in [0.717, 1.165) is 10.2 Å². The number of hydrogen-bond donors (Lipinski definition) is 2. The maximum Gasteiger partial charge on any atom is 0.267 e. The summed E-state index contributed by atoms with van der Waals surface area (Å²) in [6, 6.07) is 16.4. The fourth-order valence-electron chi connectivity index (χ4n) is 3.61. The molecule has 0 spiro atoms. The van der Waals surface area contributed by atoms with Crippen molar-refractivity contribution in [2.75, 3.05) is 31.5 Å². The van der Waals surface area contributed by atoms with Gasteiger partial charge in [0.1, 0.15) is 6.54 Å². The van der Waals surface area contributed by atoms with Gasteiger partial charge in [0.25, 0.3) is 11.5 Å². The zero-order valence-electron chi connectivity index (χ0n) is 18.1. The Morgan fingerprint density at radius 1 is 1.09 bits per heavy atom. The second-order valence-corrected chi connectivity index (χ2v) is 8.16. The van der Waals surface area contributed by atoms with E-state index in [0.29, 0.717) is 48.1 Å². The maximum atomic E-state index is 12.8. The van der Waals surface area contributed by atoms with Crippen molar-refractivity contribution in [3.8, 4) is 17.3 Å². The van der Waals surface area contributed by atoms with Gasteiger partial charge in [0.2, 0.25) is 5.91 Å². The Bertz CT molecular complexity index is 1320. The molecule has 0 atom stereocenters. The van der Waals surface area contributed by atoms with Gasteiger partial charge in [0.05, 0.1) is 17.3 Å². The highest BCUT2D eigenvalue weighted by molar-refractivity contribution is 6.30. The molecular weight excluding hydrogens is 456 g/mol. The van der Waals surface area contributed by atoms with Crippen molar-refractivity contribution in [2.24, 2.45) is 0 Å². The van der Waals surface area contributed by atoms with E-state index in [4.69, 9.17) is 11.6 Å². The number of hydrogen-bond acceptors (Lipinski definition) is 6. The number of piperazine rings is 1. The summed E-state index contributed by atoms with van der Waals surface area (Å²) in [4.78, 5) is 39.5. The van der Waals surface area contributed by atoms with Crippen LogP contribution in [0.1, 0.15) is 15.9 Å². The molecule has 2 heterocycles. The van der Waals surface area contributed by atoms with Crippen molar-refractivity contribution in [3.05, 3.63) is 81.1 Å². The van der Waals surface area contributed by atoms with Crippen LogP contribution < -0.4 is 16.2 Å². The van der Waals surface area contributed by atoms with Gasteiger partial charge in [-0.2, -0.15) is 10.4 Å². The van der Waals surface area contributed by atoms with E-state index < -0.39 is 11.5 Å². The molecule has 34 heavy (non-hydrogen) atoms. The molecule has 1 saturated heterocycles. The smallest absolute Gasteiger partial charge is 0.267 e. The molecule has 0 bridgehead atoms. The number of halogens is 1. The molecule has 3 aromatic rings. The molecule has 9 nitrogen and oxygen atoms in total. The number of rotatable bonds is 5. The van der Waals surface area contributed by atoms with E-state index in [1.807, 2.05) is 6.07 Å². The number of amides is 2. The van der Waals surface area contributed by atoms with Gasteiger partial charge in [-0.25, -0.2) is 4.68 Å². The molecule has 172 valence electrons. The van der Waals surface area contributed by atoms with Crippen LogP contribution in [0.2, 0.25) is 5.02 Å². The molecule has 2 aromatic carbocycles. The monoisotopic (exact) mass is 476 g/mol. The van der Waals surface area contributed by atoms with E-state index in [2.05, 4.69) is 15.7 Å². The number of aromatic nitrogens is 2. The van der Waals surface area contributed by atoms with Crippen LogP contribution in [-0.2, 0) is 11.3 Å². The third kappa shape index (κ3) is 5.49. The lowest BCUT2D eigenvalue weighted by Crippen LogP contribution is -2.46. The van der Waals surface area contributed by atoms with Crippen molar-refractivity contribution < 1.29 is 9.59 Å². The van der Waals surface area contributed by atoms with Crippen LogP contribution in [0.15, 0.2) is 59.4 Å². The highest BCUT2D eigenvalue weighted by Crippen LogP contribution is 2.19. The Balaban J connectivity index is 1.52. The van der Waals surface area contributed by atoms with Gasteiger partial charge < -0.3 is 15.5 Å². The van der Waals surface area contributed by atoms with Gasteiger partial charge in [-0.1, -0.05) is 23.7 Å². The number of carbonyl (C=O) groups is 2. The van der Waals surface area contributed by atoms with Gasteiger partial charge in [-0.3, -0.25) is 14.4 Å². The Hall–Kier alpha value is -4.00. The molecule has 1 aliphatic heterocycles. The lowest BCUT2D eigenvalue weighted by molar-refractivity contribution is -0.117. The molecule has 10 heteroatoms. The molecule has 2 amide bonds. The molecule has 1 fully saturated rings. The molecule has 1 aromatic heterocycles. The number of nitriles is 1. The number of nitrogens with zero attached hydrogens (tertiary/aromatic N) is 4. The lowest BCUT2D eigenvalue weighted by atomic mass is 10.1. The summed E-state index contributed by atoms with van der Waals surface area (Å²) in [6.07, 6.45) is 0. The first kappa shape index (κ1) is 23.2. The zero-order chi connectivity index (χ0) is 24.1. The van der Waals surface area contributed by atoms with Crippen LogP contribution in [0.3, 0.4) is 0 Å². The van der Waals surface area contributed by atoms with E-state index in [-0.39, 0.29) is 18.0 Å². The molecule has 0 aliphatic carbocycles. The molecule has 1 aliphatic rings. The van der Waals surface area contributed by atoms with Crippen LogP contribution in [0.5, 0.6) is 0 Å². The second kappa shape index (κ2) is 10.3. The first-order valence-corrected chi connectivity index (χ1v) is 11.0. The van der Waals surface area contributed by atoms with Gasteiger partial charge in [0.15, 0.2) is 0 Å². The minimum Gasteiger partial charge on any atom is -0.336 e. The van der Waals surface area contributed by atoms with Gasteiger partial charge in [-0.15, -0.1) is 0 Å². The molecule has 0 radical (unpaired) electrons. The van der Waals surface area contributed by atoms with Crippen molar-refractivity contribution in [1.82, 2.24) is 20.0 Å². The third-order valence-corrected chi connectivity index (χ3v) is 5.55. The van der Waals surface area contributed by atoms with E-state index in [9.17, 15) is 19.6 Å². The Kier molecular flexibility index (Phi) is 7.01. The molecule has 4 rings (SSSR count). The fraction of sp³-hybridized carbons (Fsp3) is 0.208. The van der Waals surface area contributed by atoms with Crippen molar-refractivity contribution in [3.63, 3.8) is 0 Å². The molecular formula is C24H21ClN6O3. The van der Waals surface area contributed by atoms with Gasteiger partial charge in [-0.05, 0) is 36.4 Å². The number of benzene rings is 2. The topological polar surface area (TPSA) is 120 Å². The summed E-state index contributed by atoms with van der Waals surface area (Å²) in [5.41, 5.74) is 1.68. The van der Waals surface area contributed by atoms with Gasteiger partial charge >= 0.3 is 0 Å². The first-order chi connectivity index (χ1) is 16.4. The molecule has 0 unspecified atom stereocenters. The largest absolute Gasteiger partial charge is 0.336 e. The van der Waals surface area contributed by atoms with E-state index in [1.165, 1.54) is 24.3 Å². The average Bonchev–Trinajstić information content (AvgIpc) is 2.85. The normalized spacial score (nSPS) is 13.2. The maximum absolute atomic E-state index is 12.8. The quantitative estimate of drug-likeness (QED) is 0.582. The Labute approximate surface area is 200 Å². The van der Waals surface area contributed by atoms with Crippen LogP contribution >= 0.6 is 11.6 Å². The summed E-state index contributed by atoms with van der Waals surface area (Å²) >= 11 is 5.92. The summed E-state index contributed by atoms with van der Waals surface area (Å²) in [7, 11) is 0. The number of nitrogens with one attached hydrogen (secondary N) is 2. The zero-order valence-corrected chi connectivity index (χ0v) is 18.9. The summed E-state index contributed by atoms with van der Waals surface area (Å²) in [5, 5.41) is 20.1. The number of carbonyl (C=O) groups excluding carboxylic acids is 2. The SMILES string of the molecule is N#Cc1cc(NC(=O)Cn2nc(-c3ccc(Cl)cc3)ccc2=O)cc(C(=O)N2CCNCC2)c1. The van der Waals surface area contributed by atoms with E-state index in [1.54, 1.807) is 35.2 Å². The summed E-state index contributed by atoms with van der Waals surface area (Å²) < 4.78 is 1.06. The predicted octanol–water partition coefficient (Wildman–Crippen LogP) is 2.12. The predicted molar refractivity (Wildman–Crippen MR) is 128 cm³/mol. The third-order valence-electron chi connectivity index (χ3n) is 5.30. The van der Waals surface area contributed by atoms with Crippen LogP contribution in [0.25, 0.3) is 11.3 Å². The molecule has 0 saturated carbocycles. The highest BCUT2D eigenvalue weighted by Gasteiger charge is 2.19. The average molecular weight is 477 g/mol. The molecule has 2 N–H and O–H groups in total.